The van der Waals surface area contributed by atoms with Gasteiger partial charge in [-0.15, -0.1) is 5.10 Å². The first-order chi connectivity index (χ1) is 12.4. The van der Waals surface area contributed by atoms with Crippen LogP contribution in [0.3, 0.4) is 0 Å². The minimum Gasteiger partial charge on any atom is -0.337 e. The lowest BCUT2D eigenvalue weighted by Gasteiger charge is -2.32. The largest absolute Gasteiger partial charge is 0.416 e. The summed E-state index contributed by atoms with van der Waals surface area (Å²) in [6.07, 6.45) is 1.25. The summed E-state index contributed by atoms with van der Waals surface area (Å²) in [5, 5.41) is 8.10. The fraction of sp³-hybridized carbons (Fsp3) is 0.471. The number of halogens is 3. The van der Waals surface area contributed by atoms with Gasteiger partial charge in [0.05, 0.1) is 23.7 Å². The van der Waals surface area contributed by atoms with Crippen LogP contribution in [0.4, 0.5) is 13.2 Å². The molecule has 6 nitrogen and oxygen atoms in total. The van der Waals surface area contributed by atoms with E-state index in [1.165, 1.54) is 6.07 Å². The lowest BCUT2D eigenvalue weighted by atomic mass is 10.1. The van der Waals surface area contributed by atoms with Crippen LogP contribution in [-0.2, 0) is 19.8 Å². The quantitative estimate of drug-likeness (QED) is 0.717. The number of fused-ring (bicyclic) bond motifs is 1. The van der Waals surface area contributed by atoms with Crippen LogP contribution in [0.15, 0.2) is 30.6 Å². The van der Waals surface area contributed by atoms with E-state index in [0.29, 0.717) is 5.52 Å². The summed E-state index contributed by atoms with van der Waals surface area (Å²) in [7, 11) is 1.97. The summed E-state index contributed by atoms with van der Waals surface area (Å²) in [6.45, 7) is 2.48. The second kappa shape index (κ2) is 6.39. The zero-order valence-electron chi connectivity index (χ0n) is 14.3. The molecule has 0 amide bonds. The number of hydrogen-bond acceptors (Lipinski definition) is 4. The van der Waals surface area contributed by atoms with Crippen LogP contribution in [-0.4, -0.2) is 42.5 Å². The van der Waals surface area contributed by atoms with E-state index >= 15 is 0 Å². The first-order valence-electron chi connectivity index (χ1n) is 8.52. The molecule has 0 spiro atoms. The number of piperidine rings is 1. The molecule has 0 unspecified atom stereocenters. The SMILES string of the molecule is Cn1ccnc1CN1CCC[C@@H](n2nnc3cc(C(F)(F)F)ccc32)C1. The van der Waals surface area contributed by atoms with Gasteiger partial charge >= 0.3 is 6.18 Å². The van der Waals surface area contributed by atoms with E-state index < -0.39 is 11.7 Å². The molecule has 1 fully saturated rings. The van der Waals surface area contributed by atoms with E-state index in [-0.39, 0.29) is 11.6 Å². The van der Waals surface area contributed by atoms with Crippen LogP contribution in [0.5, 0.6) is 0 Å². The van der Waals surface area contributed by atoms with Crippen molar-refractivity contribution in [3.8, 4) is 0 Å². The van der Waals surface area contributed by atoms with Crippen molar-refractivity contribution in [2.24, 2.45) is 7.05 Å². The van der Waals surface area contributed by atoms with Gasteiger partial charge in [0.25, 0.3) is 0 Å². The molecule has 1 aliphatic rings. The molecule has 0 bridgehead atoms. The van der Waals surface area contributed by atoms with Crippen molar-refractivity contribution in [3.63, 3.8) is 0 Å². The summed E-state index contributed by atoms with van der Waals surface area (Å²) < 4.78 is 42.4. The van der Waals surface area contributed by atoms with Crippen LogP contribution in [0.1, 0.15) is 30.3 Å². The maximum absolute atomic E-state index is 12.9. The number of hydrogen-bond donors (Lipinski definition) is 0. The molecule has 0 radical (unpaired) electrons. The summed E-state index contributed by atoms with van der Waals surface area (Å²) in [5.41, 5.74) is 0.222. The molecule has 1 aromatic carbocycles. The van der Waals surface area contributed by atoms with Gasteiger partial charge in [-0.1, -0.05) is 5.21 Å². The van der Waals surface area contributed by atoms with Crippen LogP contribution in [0, 0.1) is 0 Å². The van der Waals surface area contributed by atoms with Gasteiger partial charge in [0.1, 0.15) is 11.3 Å². The molecular formula is C17H19F3N6. The Morgan fingerprint density at radius 3 is 2.85 bits per heavy atom. The predicted octanol–water partition coefficient (Wildman–Crippen LogP) is 3.02. The summed E-state index contributed by atoms with van der Waals surface area (Å²) >= 11 is 0. The number of aryl methyl sites for hydroxylation is 1. The molecule has 1 saturated heterocycles. The van der Waals surface area contributed by atoms with Crippen molar-refractivity contribution < 1.29 is 13.2 Å². The van der Waals surface area contributed by atoms with Crippen molar-refractivity contribution in [3.05, 3.63) is 42.0 Å². The Balaban J connectivity index is 1.56. The van der Waals surface area contributed by atoms with Gasteiger partial charge in [0, 0.05) is 26.0 Å². The van der Waals surface area contributed by atoms with E-state index in [4.69, 9.17) is 0 Å². The van der Waals surface area contributed by atoms with Crippen LogP contribution in [0.25, 0.3) is 11.0 Å². The third kappa shape index (κ3) is 3.18. The maximum Gasteiger partial charge on any atom is 0.416 e. The van der Waals surface area contributed by atoms with Crippen molar-refractivity contribution in [1.29, 1.82) is 0 Å². The van der Waals surface area contributed by atoms with Crippen LogP contribution in [0.2, 0.25) is 0 Å². The monoisotopic (exact) mass is 364 g/mol. The van der Waals surface area contributed by atoms with Gasteiger partial charge in [-0.05, 0) is 37.6 Å². The molecular weight excluding hydrogens is 345 g/mol. The topological polar surface area (TPSA) is 51.8 Å². The Morgan fingerprint density at radius 2 is 2.12 bits per heavy atom. The first kappa shape index (κ1) is 17.0. The minimum absolute atomic E-state index is 0.0887. The number of alkyl halides is 3. The molecule has 0 N–H and O–H groups in total. The fourth-order valence-corrected chi connectivity index (χ4v) is 3.51. The average molecular weight is 364 g/mol. The summed E-state index contributed by atoms with van der Waals surface area (Å²) in [5.74, 6) is 0.990. The third-order valence-electron chi connectivity index (χ3n) is 4.91. The van der Waals surface area contributed by atoms with Crippen molar-refractivity contribution in [2.45, 2.75) is 31.6 Å². The van der Waals surface area contributed by atoms with Crippen LogP contribution >= 0.6 is 0 Å². The molecule has 4 rings (SSSR count). The Kier molecular flexibility index (Phi) is 4.18. The second-order valence-electron chi connectivity index (χ2n) is 6.72. The highest BCUT2D eigenvalue weighted by atomic mass is 19.4. The molecule has 0 saturated carbocycles. The number of benzene rings is 1. The standard InChI is InChI=1S/C17H19F3N6/c1-24-8-6-21-16(24)11-25-7-2-3-13(10-25)26-15-5-4-12(17(18,19)20)9-14(15)22-23-26/h4-6,8-9,13H,2-3,7,10-11H2,1H3/t13-/m1/s1. The molecule has 2 aromatic heterocycles. The van der Waals surface area contributed by atoms with Gasteiger partial charge in [0.15, 0.2) is 0 Å². The van der Waals surface area contributed by atoms with Crippen molar-refractivity contribution in [2.75, 3.05) is 13.1 Å². The Hall–Kier alpha value is -2.42. The number of rotatable bonds is 3. The summed E-state index contributed by atoms with van der Waals surface area (Å²) in [4.78, 5) is 6.66. The first-order valence-corrected chi connectivity index (χ1v) is 8.52. The van der Waals surface area contributed by atoms with Gasteiger partial charge in [0.2, 0.25) is 0 Å². The zero-order chi connectivity index (χ0) is 18.3. The van der Waals surface area contributed by atoms with Gasteiger partial charge < -0.3 is 4.57 Å². The lowest BCUT2D eigenvalue weighted by Crippen LogP contribution is -2.37. The highest BCUT2D eigenvalue weighted by Gasteiger charge is 2.31. The number of imidazole rings is 1. The molecule has 3 heterocycles. The maximum atomic E-state index is 12.9. The molecule has 9 heteroatoms. The minimum atomic E-state index is -4.37. The van der Waals surface area contributed by atoms with Crippen LogP contribution < -0.4 is 0 Å². The number of likely N-dealkylation sites (tertiary alicyclic amines) is 1. The Labute approximate surface area is 148 Å². The van der Waals surface area contributed by atoms with E-state index in [0.717, 1.165) is 50.4 Å². The zero-order valence-corrected chi connectivity index (χ0v) is 14.3. The van der Waals surface area contributed by atoms with E-state index in [2.05, 4.69) is 20.2 Å². The Bertz CT molecular complexity index is 913. The molecule has 138 valence electrons. The van der Waals surface area contributed by atoms with Gasteiger partial charge in [-0.2, -0.15) is 13.2 Å². The third-order valence-corrected chi connectivity index (χ3v) is 4.91. The average Bonchev–Trinajstić information content (AvgIpc) is 3.20. The van der Waals surface area contributed by atoms with E-state index in [9.17, 15) is 13.2 Å². The summed E-state index contributed by atoms with van der Waals surface area (Å²) in [6, 6.07) is 3.71. The fourth-order valence-electron chi connectivity index (χ4n) is 3.51. The van der Waals surface area contributed by atoms with Gasteiger partial charge in [-0.3, -0.25) is 4.90 Å². The molecule has 1 aliphatic heterocycles. The number of nitrogens with zero attached hydrogens (tertiary/aromatic N) is 6. The molecule has 0 aliphatic carbocycles. The van der Waals surface area contributed by atoms with E-state index in [1.807, 2.05) is 17.8 Å². The molecule has 1 atom stereocenters. The lowest BCUT2D eigenvalue weighted by molar-refractivity contribution is -0.137. The van der Waals surface area contributed by atoms with Crippen molar-refractivity contribution in [1.82, 2.24) is 29.4 Å². The highest BCUT2D eigenvalue weighted by Crippen LogP contribution is 2.32. The molecule has 3 aromatic rings. The number of aromatic nitrogens is 5. The van der Waals surface area contributed by atoms with E-state index in [1.54, 1.807) is 10.9 Å². The normalized spacial score (nSPS) is 19.3. The molecule has 26 heavy (non-hydrogen) atoms. The van der Waals surface area contributed by atoms with Crippen molar-refractivity contribution >= 4 is 11.0 Å². The predicted molar refractivity (Wildman–Crippen MR) is 89.3 cm³/mol. The van der Waals surface area contributed by atoms with Gasteiger partial charge in [-0.25, -0.2) is 9.67 Å². The second-order valence-corrected chi connectivity index (χ2v) is 6.72. The Morgan fingerprint density at radius 1 is 1.27 bits per heavy atom. The smallest absolute Gasteiger partial charge is 0.337 e. The highest BCUT2D eigenvalue weighted by molar-refractivity contribution is 5.75.